The first-order valence-corrected chi connectivity index (χ1v) is 4.09. The summed E-state index contributed by atoms with van der Waals surface area (Å²) in [6.07, 6.45) is 0. The highest BCUT2D eigenvalue weighted by molar-refractivity contribution is 6.23. The van der Waals surface area contributed by atoms with E-state index >= 15 is 0 Å². The van der Waals surface area contributed by atoms with E-state index in [1.54, 1.807) is 0 Å². The van der Waals surface area contributed by atoms with Crippen LogP contribution in [0.25, 0.3) is 5.57 Å². The van der Waals surface area contributed by atoms with Crippen LogP contribution in [0.1, 0.15) is 5.56 Å². The van der Waals surface area contributed by atoms with Gasteiger partial charge < -0.3 is 15.3 Å². The largest absolute Gasteiger partial charge is 0.504 e. The lowest BCUT2D eigenvalue weighted by Gasteiger charge is -2.07. The van der Waals surface area contributed by atoms with Gasteiger partial charge in [-0.3, -0.25) is 0 Å². The molecule has 0 spiro atoms. The summed E-state index contributed by atoms with van der Waals surface area (Å²) in [7, 11) is 0. The van der Waals surface area contributed by atoms with Crippen molar-refractivity contribution in [3.05, 3.63) is 24.3 Å². The van der Waals surface area contributed by atoms with Crippen molar-refractivity contribution in [1.82, 2.24) is 0 Å². The molecule has 4 heteroatoms. The molecule has 1 aromatic rings. The second-order valence-corrected chi connectivity index (χ2v) is 2.83. The van der Waals surface area contributed by atoms with Crippen molar-refractivity contribution in [1.29, 1.82) is 0 Å². The second-order valence-electron chi connectivity index (χ2n) is 2.57. The van der Waals surface area contributed by atoms with E-state index in [-0.39, 0.29) is 11.6 Å². The van der Waals surface area contributed by atoms with Crippen molar-refractivity contribution < 1.29 is 15.3 Å². The monoisotopic (exact) mass is 200 g/mol. The molecule has 0 fully saturated rings. The Morgan fingerprint density at radius 1 is 1.23 bits per heavy atom. The van der Waals surface area contributed by atoms with Crippen LogP contribution in [0.4, 0.5) is 0 Å². The molecule has 0 amide bonds. The van der Waals surface area contributed by atoms with Gasteiger partial charge in [-0.2, -0.15) is 0 Å². The molecule has 0 saturated carbocycles. The van der Waals surface area contributed by atoms with Gasteiger partial charge in [-0.1, -0.05) is 6.58 Å². The Bertz CT molecular complexity index is 347. The summed E-state index contributed by atoms with van der Waals surface area (Å²) in [5.41, 5.74) is 0.819. The highest BCUT2D eigenvalue weighted by atomic mass is 35.5. The number of benzene rings is 1. The summed E-state index contributed by atoms with van der Waals surface area (Å²) in [5, 5.41) is 27.5. The minimum Gasteiger partial charge on any atom is -0.504 e. The van der Waals surface area contributed by atoms with Crippen molar-refractivity contribution >= 4 is 17.2 Å². The fourth-order valence-corrected chi connectivity index (χ4v) is 1.07. The first kappa shape index (κ1) is 9.74. The third-order valence-electron chi connectivity index (χ3n) is 1.67. The fraction of sp³-hybridized carbons (Fsp3) is 0.111. The van der Waals surface area contributed by atoms with Crippen LogP contribution in [0.2, 0.25) is 0 Å². The van der Waals surface area contributed by atoms with E-state index in [9.17, 15) is 5.11 Å². The number of hydrogen-bond acceptors (Lipinski definition) is 3. The molecule has 1 rings (SSSR count). The molecule has 13 heavy (non-hydrogen) atoms. The highest BCUT2D eigenvalue weighted by Gasteiger charge is 2.12. The average molecular weight is 201 g/mol. The number of rotatable bonds is 2. The summed E-state index contributed by atoms with van der Waals surface area (Å²) in [4.78, 5) is 0. The Balaban J connectivity index is 3.26. The van der Waals surface area contributed by atoms with E-state index in [0.717, 1.165) is 0 Å². The molecule has 1 aromatic carbocycles. The number of hydrogen-bond donors (Lipinski definition) is 3. The van der Waals surface area contributed by atoms with E-state index in [1.165, 1.54) is 12.1 Å². The molecular weight excluding hydrogens is 192 g/mol. The van der Waals surface area contributed by atoms with Crippen LogP contribution in [0.3, 0.4) is 0 Å². The van der Waals surface area contributed by atoms with Crippen LogP contribution in [0.15, 0.2) is 18.7 Å². The van der Waals surface area contributed by atoms with Gasteiger partial charge in [0, 0.05) is 11.4 Å². The smallest absolute Gasteiger partial charge is 0.200 e. The Kier molecular flexibility index (Phi) is 2.68. The van der Waals surface area contributed by atoms with Gasteiger partial charge in [0.1, 0.15) is 0 Å². The number of halogens is 1. The molecule has 0 heterocycles. The Morgan fingerprint density at radius 3 is 2.38 bits per heavy atom. The van der Waals surface area contributed by atoms with Crippen LogP contribution >= 0.6 is 11.6 Å². The molecule has 0 unspecified atom stereocenters. The molecule has 3 N–H and O–H groups in total. The van der Waals surface area contributed by atoms with Crippen LogP contribution in [-0.2, 0) is 0 Å². The van der Waals surface area contributed by atoms with Gasteiger partial charge in [-0.25, -0.2) is 0 Å². The minimum absolute atomic E-state index is 0.151. The van der Waals surface area contributed by atoms with E-state index in [4.69, 9.17) is 21.8 Å². The van der Waals surface area contributed by atoms with E-state index < -0.39 is 11.5 Å². The quantitative estimate of drug-likeness (QED) is 0.506. The van der Waals surface area contributed by atoms with Crippen LogP contribution in [0.5, 0.6) is 17.2 Å². The summed E-state index contributed by atoms with van der Waals surface area (Å²) in [6, 6.07) is 2.71. The number of alkyl halides is 1. The van der Waals surface area contributed by atoms with Gasteiger partial charge in [-0.15, -0.1) is 11.6 Å². The summed E-state index contributed by atoms with van der Waals surface area (Å²) >= 11 is 5.50. The lowest BCUT2D eigenvalue weighted by atomic mass is 10.1. The van der Waals surface area contributed by atoms with Crippen molar-refractivity contribution in [2.45, 2.75) is 0 Å². The number of aromatic hydroxyl groups is 3. The van der Waals surface area contributed by atoms with Crippen molar-refractivity contribution in [3.8, 4) is 17.2 Å². The summed E-state index contributed by atoms with van der Waals surface area (Å²) < 4.78 is 0. The van der Waals surface area contributed by atoms with Gasteiger partial charge in [0.05, 0.1) is 0 Å². The van der Waals surface area contributed by atoms with Gasteiger partial charge in [-0.05, 0) is 17.7 Å². The number of allylic oxidation sites excluding steroid dienone is 1. The predicted octanol–water partition coefficient (Wildman–Crippen LogP) is 2.06. The Labute approximate surface area is 80.5 Å². The molecule has 0 aliphatic carbocycles. The number of phenols is 3. The first-order chi connectivity index (χ1) is 6.07. The maximum Gasteiger partial charge on any atom is 0.200 e. The molecule has 0 bridgehead atoms. The van der Waals surface area contributed by atoms with Crippen LogP contribution in [0, 0.1) is 0 Å². The van der Waals surface area contributed by atoms with Crippen LogP contribution < -0.4 is 0 Å². The molecule has 0 aliphatic rings. The maximum atomic E-state index is 9.35. The zero-order chi connectivity index (χ0) is 10.0. The topological polar surface area (TPSA) is 60.7 Å². The molecule has 0 aromatic heterocycles. The van der Waals surface area contributed by atoms with E-state index in [0.29, 0.717) is 11.1 Å². The van der Waals surface area contributed by atoms with Crippen molar-refractivity contribution in [3.63, 3.8) is 0 Å². The van der Waals surface area contributed by atoms with Gasteiger partial charge in [0.2, 0.25) is 5.75 Å². The molecule has 70 valence electrons. The van der Waals surface area contributed by atoms with Crippen molar-refractivity contribution in [2.75, 3.05) is 5.88 Å². The predicted molar refractivity (Wildman–Crippen MR) is 51.2 cm³/mol. The lowest BCUT2D eigenvalue weighted by Crippen LogP contribution is -1.85. The maximum absolute atomic E-state index is 9.35. The normalized spacial score (nSPS) is 9.92. The van der Waals surface area contributed by atoms with E-state index in [1.807, 2.05) is 0 Å². The first-order valence-electron chi connectivity index (χ1n) is 3.56. The third kappa shape index (κ3) is 1.70. The third-order valence-corrected chi connectivity index (χ3v) is 1.99. The zero-order valence-corrected chi connectivity index (χ0v) is 7.54. The Hall–Kier alpha value is -1.35. The molecule has 0 aliphatic heterocycles. The SMILES string of the molecule is C=C(CCl)c1ccc(O)c(O)c1O. The van der Waals surface area contributed by atoms with Gasteiger partial charge in [0.15, 0.2) is 11.5 Å². The molecule has 0 atom stereocenters. The highest BCUT2D eigenvalue weighted by Crippen LogP contribution is 2.39. The molecular formula is C9H9ClO3. The van der Waals surface area contributed by atoms with Crippen molar-refractivity contribution in [2.24, 2.45) is 0 Å². The van der Waals surface area contributed by atoms with E-state index in [2.05, 4.69) is 6.58 Å². The molecule has 0 radical (unpaired) electrons. The Morgan fingerprint density at radius 2 is 1.85 bits per heavy atom. The summed E-state index contributed by atoms with van der Waals surface area (Å²) in [5.74, 6) is -1.17. The van der Waals surface area contributed by atoms with Crippen LogP contribution in [-0.4, -0.2) is 21.2 Å². The molecule has 0 saturated heterocycles. The second kappa shape index (κ2) is 3.58. The molecule has 3 nitrogen and oxygen atoms in total. The number of phenolic OH excluding ortho intramolecular Hbond substituents is 3. The zero-order valence-electron chi connectivity index (χ0n) is 6.79. The fourth-order valence-electron chi connectivity index (χ4n) is 0.926. The van der Waals surface area contributed by atoms with Gasteiger partial charge >= 0.3 is 0 Å². The van der Waals surface area contributed by atoms with Gasteiger partial charge in [0.25, 0.3) is 0 Å². The standard InChI is InChI=1S/C9H9ClO3/c1-5(4-10)6-2-3-7(11)9(13)8(6)12/h2-3,11-13H,1,4H2. The lowest BCUT2D eigenvalue weighted by molar-refractivity contribution is 0.367. The summed E-state index contributed by atoms with van der Waals surface area (Å²) in [6.45, 7) is 3.59. The minimum atomic E-state index is -0.552. The average Bonchev–Trinajstić information content (AvgIpc) is 2.13.